The molecular weight excluding hydrogens is 264 g/mol. The van der Waals surface area contributed by atoms with E-state index in [1.54, 1.807) is 17.0 Å². The van der Waals surface area contributed by atoms with E-state index in [4.69, 9.17) is 16.3 Å². The lowest BCUT2D eigenvalue weighted by molar-refractivity contribution is -0.0682. The maximum absolute atomic E-state index is 11.8. The van der Waals surface area contributed by atoms with Crippen molar-refractivity contribution in [3.05, 3.63) is 27.9 Å². The number of aromatic nitrogens is 2. The Balaban J connectivity index is 1.69. The third kappa shape index (κ3) is 2.70. The van der Waals surface area contributed by atoms with Crippen molar-refractivity contribution in [3.63, 3.8) is 0 Å². The van der Waals surface area contributed by atoms with E-state index in [0.29, 0.717) is 6.54 Å². The lowest BCUT2D eigenvalue weighted by Gasteiger charge is -2.33. The van der Waals surface area contributed by atoms with Gasteiger partial charge in [-0.2, -0.15) is 0 Å². The summed E-state index contributed by atoms with van der Waals surface area (Å²) in [6.07, 6.45) is 11.8. The van der Waals surface area contributed by atoms with Crippen molar-refractivity contribution >= 4 is 11.6 Å². The van der Waals surface area contributed by atoms with Crippen LogP contribution < -0.4 is 5.56 Å². The first-order chi connectivity index (χ1) is 9.19. The molecule has 3 rings (SSSR count). The molecule has 0 aromatic carbocycles. The zero-order chi connectivity index (χ0) is 13.3. The Kier molecular flexibility index (Phi) is 3.63. The van der Waals surface area contributed by atoms with Crippen LogP contribution in [-0.2, 0) is 11.3 Å². The molecule has 19 heavy (non-hydrogen) atoms. The largest absolute Gasteiger partial charge is 0.370 e. The van der Waals surface area contributed by atoms with Crippen LogP contribution in [0.5, 0.6) is 0 Å². The molecule has 0 amide bonds. The summed E-state index contributed by atoms with van der Waals surface area (Å²) >= 11 is 5.76. The van der Waals surface area contributed by atoms with Gasteiger partial charge >= 0.3 is 0 Å². The second-order valence-corrected chi connectivity index (χ2v) is 6.06. The highest BCUT2D eigenvalue weighted by molar-refractivity contribution is 6.29. The molecule has 1 aliphatic heterocycles. The number of ether oxygens (including phenoxy) is 1. The Morgan fingerprint density at radius 2 is 2.16 bits per heavy atom. The molecular formula is C14H19ClN2O2. The van der Waals surface area contributed by atoms with Crippen molar-refractivity contribution in [2.24, 2.45) is 0 Å². The highest BCUT2D eigenvalue weighted by atomic mass is 35.5. The highest BCUT2D eigenvalue weighted by Crippen LogP contribution is 2.42. The first-order valence-electron chi connectivity index (χ1n) is 7.07. The first-order valence-corrected chi connectivity index (χ1v) is 7.45. The van der Waals surface area contributed by atoms with Crippen LogP contribution in [0.25, 0.3) is 0 Å². The molecule has 1 spiro atoms. The number of nitrogens with zero attached hydrogens (tertiary/aromatic N) is 2. The quantitative estimate of drug-likeness (QED) is 0.838. The predicted molar refractivity (Wildman–Crippen MR) is 73.4 cm³/mol. The zero-order valence-corrected chi connectivity index (χ0v) is 11.7. The van der Waals surface area contributed by atoms with Crippen molar-refractivity contribution in [2.75, 3.05) is 0 Å². The summed E-state index contributed by atoms with van der Waals surface area (Å²) in [6, 6.07) is 0. The van der Waals surface area contributed by atoms with Gasteiger partial charge in [-0.15, -0.1) is 0 Å². The molecule has 4 nitrogen and oxygen atoms in total. The molecule has 2 fully saturated rings. The van der Waals surface area contributed by atoms with Gasteiger partial charge < -0.3 is 9.30 Å². The Bertz CT molecular complexity index is 508. The van der Waals surface area contributed by atoms with Gasteiger partial charge in [0.05, 0.1) is 18.2 Å². The van der Waals surface area contributed by atoms with Gasteiger partial charge in [-0.1, -0.05) is 30.9 Å². The van der Waals surface area contributed by atoms with E-state index in [1.165, 1.54) is 32.1 Å². The topological polar surface area (TPSA) is 44.1 Å². The van der Waals surface area contributed by atoms with Gasteiger partial charge in [0.25, 0.3) is 5.56 Å². The molecule has 5 heteroatoms. The van der Waals surface area contributed by atoms with Gasteiger partial charge in [0.2, 0.25) is 0 Å². The van der Waals surface area contributed by atoms with Crippen LogP contribution in [0, 0.1) is 0 Å². The summed E-state index contributed by atoms with van der Waals surface area (Å²) in [7, 11) is 0. The van der Waals surface area contributed by atoms with E-state index < -0.39 is 0 Å². The fraction of sp³-hybridized carbons (Fsp3) is 0.714. The van der Waals surface area contributed by atoms with Crippen molar-refractivity contribution in [2.45, 2.75) is 63.2 Å². The number of rotatable bonds is 2. The Hall–Kier alpha value is -0.870. The van der Waals surface area contributed by atoms with E-state index in [9.17, 15) is 4.79 Å². The molecule has 104 valence electrons. The molecule has 1 aromatic heterocycles. The van der Waals surface area contributed by atoms with Gasteiger partial charge in [0.1, 0.15) is 0 Å². The summed E-state index contributed by atoms with van der Waals surface area (Å²) in [5, 5.41) is 0.0351. The molecule has 1 aromatic rings. The van der Waals surface area contributed by atoms with Crippen LogP contribution in [-0.4, -0.2) is 21.3 Å². The second-order valence-electron chi connectivity index (χ2n) is 5.70. The van der Waals surface area contributed by atoms with Crippen LogP contribution in [0.2, 0.25) is 5.15 Å². The molecule has 1 saturated carbocycles. The SMILES string of the molecule is O=c1c(Cl)nccn1CC1CCC2(CCCCC2)O1. The smallest absolute Gasteiger partial charge is 0.288 e. The van der Waals surface area contributed by atoms with Crippen molar-refractivity contribution in [1.29, 1.82) is 0 Å². The van der Waals surface area contributed by atoms with Gasteiger partial charge in [0, 0.05) is 12.4 Å². The van der Waals surface area contributed by atoms with Crippen LogP contribution in [0.15, 0.2) is 17.2 Å². The molecule has 0 bridgehead atoms. The third-order valence-electron chi connectivity index (χ3n) is 4.38. The summed E-state index contributed by atoms with van der Waals surface area (Å²) < 4.78 is 7.88. The molecule has 0 radical (unpaired) electrons. The molecule has 1 unspecified atom stereocenters. The number of hydrogen-bond donors (Lipinski definition) is 0. The molecule has 0 N–H and O–H groups in total. The summed E-state index contributed by atoms with van der Waals surface area (Å²) in [5.74, 6) is 0. The van der Waals surface area contributed by atoms with E-state index in [1.807, 2.05) is 0 Å². The average molecular weight is 283 g/mol. The Labute approximate surface area is 117 Å². The average Bonchev–Trinajstić information content (AvgIpc) is 2.79. The van der Waals surface area contributed by atoms with Gasteiger partial charge in [0.15, 0.2) is 5.15 Å². The maximum atomic E-state index is 11.8. The van der Waals surface area contributed by atoms with Crippen molar-refractivity contribution in [1.82, 2.24) is 9.55 Å². The Morgan fingerprint density at radius 3 is 2.95 bits per heavy atom. The summed E-state index contributed by atoms with van der Waals surface area (Å²) in [4.78, 5) is 15.6. The van der Waals surface area contributed by atoms with Crippen LogP contribution in [0.4, 0.5) is 0 Å². The Morgan fingerprint density at radius 1 is 1.37 bits per heavy atom. The third-order valence-corrected chi connectivity index (χ3v) is 4.63. The lowest BCUT2D eigenvalue weighted by atomic mass is 9.83. The molecule has 2 heterocycles. The number of hydrogen-bond acceptors (Lipinski definition) is 3. The van der Waals surface area contributed by atoms with E-state index in [-0.39, 0.29) is 22.4 Å². The molecule has 1 saturated heterocycles. The molecule has 1 atom stereocenters. The second kappa shape index (κ2) is 5.25. The van der Waals surface area contributed by atoms with E-state index >= 15 is 0 Å². The minimum Gasteiger partial charge on any atom is -0.370 e. The predicted octanol–water partition coefficient (Wildman–Crippen LogP) is 2.78. The van der Waals surface area contributed by atoms with Crippen molar-refractivity contribution in [3.8, 4) is 0 Å². The zero-order valence-electron chi connectivity index (χ0n) is 11.0. The minimum absolute atomic E-state index is 0.0351. The minimum atomic E-state index is -0.225. The summed E-state index contributed by atoms with van der Waals surface area (Å²) in [5.41, 5.74) is -0.124. The van der Waals surface area contributed by atoms with Crippen LogP contribution in [0.1, 0.15) is 44.9 Å². The standard InChI is InChI=1S/C14H19ClN2O2/c15-12-13(18)17(9-8-16-12)10-11-4-7-14(19-11)5-2-1-3-6-14/h8-9,11H,1-7,10H2. The summed E-state index contributed by atoms with van der Waals surface area (Å²) in [6.45, 7) is 0.586. The van der Waals surface area contributed by atoms with Gasteiger partial charge in [-0.3, -0.25) is 4.79 Å². The maximum Gasteiger partial charge on any atom is 0.288 e. The van der Waals surface area contributed by atoms with Gasteiger partial charge in [-0.25, -0.2) is 4.98 Å². The number of halogens is 1. The van der Waals surface area contributed by atoms with Gasteiger partial charge in [-0.05, 0) is 25.7 Å². The van der Waals surface area contributed by atoms with Crippen LogP contribution in [0.3, 0.4) is 0 Å². The highest BCUT2D eigenvalue weighted by Gasteiger charge is 2.40. The van der Waals surface area contributed by atoms with Crippen molar-refractivity contribution < 1.29 is 4.74 Å². The van der Waals surface area contributed by atoms with Crippen LogP contribution >= 0.6 is 11.6 Å². The van der Waals surface area contributed by atoms with E-state index in [0.717, 1.165) is 12.8 Å². The normalized spacial score (nSPS) is 25.8. The fourth-order valence-electron chi connectivity index (χ4n) is 3.37. The molecule has 2 aliphatic rings. The fourth-order valence-corrected chi connectivity index (χ4v) is 3.54. The lowest BCUT2D eigenvalue weighted by Crippen LogP contribution is -2.33. The first kappa shape index (κ1) is 13.1. The molecule has 1 aliphatic carbocycles. The van der Waals surface area contributed by atoms with E-state index in [2.05, 4.69) is 4.98 Å². The monoisotopic (exact) mass is 282 g/mol.